The number of rotatable bonds is 6. The van der Waals surface area contributed by atoms with Crippen LogP contribution in [0.15, 0.2) is 53.3 Å². The van der Waals surface area contributed by atoms with Gasteiger partial charge in [-0.3, -0.25) is 9.59 Å². The Morgan fingerprint density at radius 1 is 1.16 bits per heavy atom. The standard InChI is InChI=1S/C23H21ClFN5O2/c1-14-18(11-12-20(31)26-13-16-5-3-4-6-19(16)25)22(32)30-23(29(14)2)27-21(28-30)15-7-9-17(24)10-8-15/h3-10H,11-13H2,1-2H3,(H,26,31). The van der Waals surface area contributed by atoms with Crippen molar-refractivity contribution in [1.82, 2.24) is 24.5 Å². The largest absolute Gasteiger partial charge is 0.352 e. The molecule has 1 N–H and O–H groups in total. The molecule has 2 aromatic heterocycles. The first-order valence-electron chi connectivity index (χ1n) is 10.1. The van der Waals surface area contributed by atoms with Gasteiger partial charge in [0, 0.05) is 47.4 Å². The second kappa shape index (κ2) is 8.92. The molecule has 0 aliphatic rings. The lowest BCUT2D eigenvalue weighted by atomic mass is 10.1. The molecular weight excluding hydrogens is 433 g/mol. The first-order chi connectivity index (χ1) is 15.3. The van der Waals surface area contributed by atoms with Gasteiger partial charge in [0.1, 0.15) is 5.82 Å². The Hall–Kier alpha value is -3.52. The number of aromatic nitrogens is 4. The van der Waals surface area contributed by atoms with E-state index in [1.54, 1.807) is 54.1 Å². The van der Waals surface area contributed by atoms with E-state index in [9.17, 15) is 14.0 Å². The molecule has 0 unspecified atom stereocenters. The van der Waals surface area contributed by atoms with Crippen LogP contribution in [-0.2, 0) is 24.8 Å². The first kappa shape index (κ1) is 21.7. The molecule has 2 aromatic carbocycles. The van der Waals surface area contributed by atoms with Crippen LogP contribution in [0, 0.1) is 12.7 Å². The summed E-state index contributed by atoms with van der Waals surface area (Å²) >= 11 is 5.94. The number of fused-ring (bicyclic) bond motifs is 1. The van der Waals surface area contributed by atoms with Crippen LogP contribution in [0.25, 0.3) is 17.2 Å². The van der Waals surface area contributed by atoms with Gasteiger partial charge in [0.15, 0.2) is 5.82 Å². The van der Waals surface area contributed by atoms with Crippen molar-refractivity contribution < 1.29 is 9.18 Å². The topological polar surface area (TPSA) is 81.3 Å². The second-order valence-electron chi connectivity index (χ2n) is 7.45. The smallest absolute Gasteiger partial charge is 0.279 e. The van der Waals surface area contributed by atoms with Gasteiger partial charge < -0.3 is 9.88 Å². The number of amides is 1. The van der Waals surface area contributed by atoms with Gasteiger partial charge >= 0.3 is 0 Å². The highest BCUT2D eigenvalue weighted by molar-refractivity contribution is 6.30. The fourth-order valence-corrected chi connectivity index (χ4v) is 3.59. The molecule has 32 heavy (non-hydrogen) atoms. The molecule has 0 fully saturated rings. The van der Waals surface area contributed by atoms with Gasteiger partial charge in [-0.2, -0.15) is 9.50 Å². The van der Waals surface area contributed by atoms with Gasteiger partial charge in [0.05, 0.1) is 0 Å². The van der Waals surface area contributed by atoms with Crippen LogP contribution in [0.1, 0.15) is 23.2 Å². The number of nitrogens with one attached hydrogen (secondary N) is 1. The van der Waals surface area contributed by atoms with Crippen LogP contribution in [0.4, 0.5) is 4.39 Å². The molecule has 1 amide bonds. The fourth-order valence-electron chi connectivity index (χ4n) is 3.46. The molecule has 0 bridgehead atoms. The third kappa shape index (κ3) is 4.27. The van der Waals surface area contributed by atoms with Crippen LogP contribution in [-0.4, -0.2) is 25.1 Å². The summed E-state index contributed by atoms with van der Waals surface area (Å²) in [5.74, 6) is 0.180. The summed E-state index contributed by atoms with van der Waals surface area (Å²) in [4.78, 5) is 29.9. The lowest BCUT2D eigenvalue weighted by molar-refractivity contribution is -0.121. The molecule has 4 rings (SSSR count). The average molecular weight is 454 g/mol. The molecule has 0 spiro atoms. The van der Waals surface area contributed by atoms with Crippen molar-refractivity contribution in [3.05, 3.63) is 86.5 Å². The average Bonchev–Trinajstić information content (AvgIpc) is 3.23. The number of hydrogen-bond donors (Lipinski definition) is 1. The van der Waals surface area contributed by atoms with Gasteiger partial charge in [-0.1, -0.05) is 29.8 Å². The molecule has 7 nitrogen and oxygen atoms in total. The van der Waals surface area contributed by atoms with E-state index in [4.69, 9.17) is 11.6 Å². The van der Waals surface area contributed by atoms with Crippen LogP contribution < -0.4 is 10.9 Å². The van der Waals surface area contributed by atoms with Crippen molar-refractivity contribution in [2.75, 3.05) is 0 Å². The molecular formula is C23H21ClFN5O2. The van der Waals surface area contributed by atoms with Crippen molar-refractivity contribution in [1.29, 1.82) is 0 Å². The monoisotopic (exact) mass is 453 g/mol. The number of halogens is 2. The number of benzene rings is 2. The lowest BCUT2D eigenvalue weighted by Gasteiger charge is -2.11. The number of hydrogen-bond acceptors (Lipinski definition) is 4. The van der Waals surface area contributed by atoms with E-state index >= 15 is 0 Å². The zero-order valence-corrected chi connectivity index (χ0v) is 18.4. The number of nitrogens with zero attached hydrogens (tertiary/aromatic N) is 4. The second-order valence-corrected chi connectivity index (χ2v) is 7.89. The molecule has 4 aromatic rings. The van der Waals surface area contributed by atoms with E-state index in [-0.39, 0.29) is 36.7 Å². The number of carbonyl (C=O) groups excluding carboxylic acids is 1. The molecule has 2 heterocycles. The van der Waals surface area contributed by atoms with Crippen molar-refractivity contribution in [2.45, 2.75) is 26.3 Å². The Morgan fingerprint density at radius 2 is 1.88 bits per heavy atom. The summed E-state index contributed by atoms with van der Waals surface area (Å²) in [6.45, 7) is 1.90. The van der Waals surface area contributed by atoms with Crippen LogP contribution in [0.2, 0.25) is 5.02 Å². The van der Waals surface area contributed by atoms with Crippen LogP contribution in [0.5, 0.6) is 0 Å². The number of carbonyl (C=O) groups is 1. The molecule has 0 saturated carbocycles. The zero-order chi connectivity index (χ0) is 22.8. The summed E-state index contributed by atoms with van der Waals surface area (Å²) in [6, 6.07) is 13.3. The molecule has 164 valence electrons. The Morgan fingerprint density at radius 3 is 2.59 bits per heavy atom. The van der Waals surface area contributed by atoms with Gasteiger partial charge in [0.2, 0.25) is 11.7 Å². The molecule has 9 heteroatoms. The summed E-state index contributed by atoms with van der Waals surface area (Å²) < 4.78 is 16.7. The Bertz CT molecular complexity index is 1360. The van der Waals surface area contributed by atoms with Gasteiger partial charge in [-0.25, -0.2) is 4.39 Å². The Kier molecular flexibility index (Phi) is 6.05. The summed E-state index contributed by atoms with van der Waals surface area (Å²) in [5, 5.41) is 7.67. The maximum Gasteiger partial charge on any atom is 0.279 e. The van der Waals surface area contributed by atoms with E-state index < -0.39 is 0 Å². The predicted molar refractivity (Wildman–Crippen MR) is 120 cm³/mol. The van der Waals surface area contributed by atoms with Crippen molar-refractivity contribution in [2.24, 2.45) is 7.05 Å². The minimum absolute atomic E-state index is 0.0920. The van der Waals surface area contributed by atoms with E-state index in [1.165, 1.54) is 10.6 Å². The molecule has 0 saturated heterocycles. The predicted octanol–water partition coefficient (Wildman–Crippen LogP) is 3.44. The van der Waals surface area contributed by atoms with Crippen molar-refractivity contribution in [3.63, 3.8) is 0 Å². The minimum atomic E-state index is -0.370. The van der Waals surface area contributed by atoms with E-state index in [1.807, 2.05) is 6.92 Å². The molecule has 0 radical (unpaired) electrons. The fraction of sp³-hybridized carbons (Fsp3) is 0.217. The maximum atomic E-state index is 13.7. The van der Waals surface area contributed by atoms with Gasteiger partial charge in [-0.15, -0.1) is 5.10 Å². The highest BCUT2D eigenvalue weighted by atomic mass is 35.5. The Balaban J connectivity index is 1.55. The van der Waals surface area contributed by atoms with E-state index in [2.05, 4.69) is 15.4 Å². The minimum Gasteiger partial charge on any atom is -0.352 e. The first-order valence-corrected chi connectivity index (χ1v) is 10.4. The van der Waals surface area contributed by atoms with Crippen LogP contribution >= 0.6 is 11.6 Å². The Labute approximate surface area is 188 Å². The highest BCUT2D eigenvalue weighted by Gasteiger charge is 2.18. The summed E-state index contributed by atoms with van der Waals surface area (Å²) in [7, 11) is 1.80. The normalized spacial score (nSPS) is 11.1. The summed E-state index contributed by atoms with van der Waals surface area (Å²) in [5.41, 5.74) is 2.02. The highest BCUT2D eigenvalue weighted by Crippen LogP contribution is 2.19. The summed E-state index contributed by atoms with van der Waals surface area (Å²) in [6.07, 6.45) is 0.322. The number of aryl methyl sites for hydroxylation is 1. The zero-order valence-electron chi connectivity index (χ0n) is 17.6. The van der Waals surface area contributed by atoms with Crippen molar-refractivity contribution >= 4 is 23.3 Å². The molecule has 0 aliphatic heterocycles. The van der Waals surface area contributed by atoms with Crippen LogP contribution in [0.3, 0.4) is 0 Å². The third-order valence-electron chi connectivity index (χ3n) is 5.42. The van der Waals surface area contributed by atoms with E-state index in [0.717, 1.165) is 5.56 Å². The maximum absolute atomic E-state index is 13.7. The quantitative estimate of drug-likeness (QED) is 0.485. The van der Waals surface area contributed by atoms with Gasteiger partial charge in [0.25, 0.3) is 5.56 Å². The van der Waals surface area contributed by atoms with Gasteiger partial charge in [-0.05, 0) is 43.7 Å². The molecule has 0 aliphatic carbocycles. The molecule has 0 atom stereocenters. The third-order valence-corrected chi connectivity index (χ3v) is 5.67. The lowest BCUT2D eigenvalue weighted by Crippen LogP contribution is -2.28. The SMILES string of the molecule is Cc1c(CCC(=O)NCc2ccccc2F)c(=O)n2nc(-c3ccc(Cl)cc3)nc2n1C. The van der Waals surface area contributed by atoms with Crippen molar-refractivity contribution in [3.8, 4) is 11.4 Å². The van der Waals surface area contributed by atoms with E-state index in [0.29, 0.717) is 33.4 Å².